The molecule has 1 aromatic heterocycles. The second-order valence-corrected chi connectivity index (χ2v) is 4.46. The van der Waals surface area contributed by atoms with Crippen LogP contribution in [0.25, 0.3) is 0 Å². The summed E-state index contributed by atoms with van der Waals surface area (Å²) >= 11 is 0. The minimum absolute atomic E-state index is 0.258. The molecule has 3 nitrogen and oxygen atoms in total. The van der Waals surface area contributed by atoms with Gasteiger partial charge in [-0.15, -0.1) is 0 Å². The van der Waals surface area contributed by atoms with Gasteiger partial charge in [-0.1, -0.05) is 29.3 Å². The third-order valence-electron chi connectivity index (χ3n) is 2.80. The fraction of sp³-hybridized carbons (Fsp3) is 0.214. The molecule has 2 aromatic rings. The van der Waals surface area contributed by atoms with Crippen LogP contribution >= 0.6 is 0 Å². The number of nitrogens with zero attached hydrogens (tertiary/aromatic N) is 1. The van der Waals surface area contributed by atoms with Crippen LogP contribution in [0.2, 0.25) is 0 Å². The number of nitrogens with two attached hydrogens (primary N) is 1. The Hall–Kier alpha value is -1.78. The fourth-order valence-electron chi connectivity index (χ4n) is 2.15. The van der Waals surface area contributed by atoms with Gasteiger partial charge in [-0.2, -0.15) is 0 Å². The molecule has 18 heavy (non-hydrogen) atoms. The molecule has 2 rings (SSSR count). The van der Waals surface area contributed by atoms with Crippen LogP contribution in [0.3, 0.4) is 0 Å². The molecular formula is C14H16FN3. The van der Waals surface area contributed by atoms with Crippen molar-refractivity contribution in [2.75, 3.05) is 0 Å². The zero-order chi connectivity index (χ0) is 13.1. The molecule has 1 aromatic carbocycles. The van der Waals surface area contributed by atoms with Crippen molar-refractivity contribution in [3.63, 3.8) is 0 Å². The molecule has 0 amide bonds. The summed E-state index contributed by atoms with van der Waals surface area (Å²) in [7, 11) is 0. The molecule has 0 spiro atoms. The highest BCUT2D eigenvalue weighted by Gasteiger charge is 2.14. The molecule has 1 heterocycles. The van der Waals surface area contributed by atoms with Gasteiger partial charge >= 0.3 is 0 Å². The van der Waals surface area contributed by atoms with Crippen LogP contribution in [-0.4, -0.2) is 4.98 Å². The van der Waals surface area contributed by atoms with Gasteiger partial charge in [0.15, 0.2) is 0 Å². The van der Waals surface area contributed by atoms with Gasteiger partial charge in [-0.3, -0.25) is 10.8 Å². The van der Waals surface area contributed by atoms with E-state index in [2.05, 4.69) is 16.5 Å². The molecule has 1 unspecified atom stereocenters. The third-order valence-corrected chi connectivity index (χ3v) is 2.80. The molecule has 0 aliphatic rings. The number of halogens is 1. The predicted octanol–water partition coefficient (Wildman–Crippen LogP) is 2.39. The number of aryl methyl sites for hydroxylation is 2. The molecular weight excluding hydrogens is 229 g/mol. The van der Waals surface area contributed by atoms with Gasteiger partial charge in [0.1, 0.15) is 5.82 Å². The van der Waals surface area contributed by atoms with Crippen LogP contribution in [0, 0.1) is 19.7 Å². The van der Waals surface area contributed by atoms with Gasteiger partial charge < -0.3 is 0 Å². The molecule has 3 N–H and O–H groups in total. The summed E-state index contributed by atoms with van der Waals surface area (Å²) in [6.45, 7) is 4.04. The minimum atomic E-state index is -0.364. The average molecular weight is 245 g/mol. The molecule has 4 heteroatoms. The van der Waals surface area contributed by atoms with E-state index in [1.165, 1.54) is 12.3 Å². The number of benzene rings is 1. The van der Waals surface area contributed by atoms with E-state index in [1.807, 2.05) is 26.0 Å². The molecule has 0 aliphatic heterocycles. The summed E-state index contributed by atoms with van der Waals surface area (Å²) in [6, 6.07) is 7.33. The quantitative estimate of drug-likeness (QED) is 0.645. The SMILES string of the molecule is Cc1cc(C)cc(C(NN)c2cncc(F)c2)c1. The molecule has 0 aliphatic carbocycles. The van der Waals surface area contributed by atoms with Crippen LogP contribution in [0.4, 0.5) is 4.39 Å². The highest BCUT2D eigenvalue weighted by molar-refractivity contribution is 5.36. The molecule has 0 bridgehead atoms. The first kappa shape index (κ1) is 12.7. The van der Waals surface area contributed by atoms with Crippen molar-refractivity contribution < 1.29 is 4.39 Å². The van der Waals surface area contributed by atoms with Gasteiger partial charge in [-0.25, -0.2) is 9.82 Å². The Labute approximate surface area is 106 Å². The van der Waals surface area contributed by atoms with Crippen LogP contribution in [0.1, 0.15) is 28.3 Å². The van der Waals surface area contributed by atoms with Crippen LogP contribution < -0.4 is 11.3 Å². The number of nitrogens with one attached hydrogen (secondary N) is 1. The number of aromatic nitrogens is 1. The molecule has 0 saturated carbocycles. The second kappa shape index (κ2) is 5.25. The van der Waals surface area contributed by atoms with Gasteiger partial charge in [0.2, 0.25) is 0 Å². The van der Waals surface area contributed by atoms with E-state index in [0.29, 0.717) is 5.56 Å². The molecule has 0 saturated heterocycles. The Morgan fingerprint density at radius 1 is 1.06 bits per heavy atom. The Balaban J connectivity index is 2.45. The van der Waals surface area contributed by atoms with E-state index in [4.69, 9.17) is 5.84 Å². The number of hydrogen-bond donors (Lipinski definition) is 2. The standard InChI is InChI=1S/C14H16FN3/c1-9-3-10(2)5-11(4-9)14(18-16)12-6-13(15)8-17-7-12/h3-8,14,18H,16H2,1-2H3. The largest absolute Gasteiger partial charge is 0.271 e. The van der Waals surface area contributed by atoms with E-state index >= 15 is 0 Å². The summed E-state index contributed by atoms with van der Waals surface area (Å²) in [4.78, 5) is 3.85. The average Bonchev–Trinajstić information content (AvgIpc) is 2.28. The maximum atomic E-state index is 13.2. The Morgan fingerprint density at radius 2 is 1.72 bits per heavy atom. The lowest BCUT2D eigenvalue weighted by Gasteiger charge is -2.17. The highest BCUT2D eigenvalue weighted by atomic mass is 19.1. The molecule has 1 atom stereocenters. The van der Waals surface area contributed by atoms with Crippen molar-refractivity contribution in [1.29, 1.82) is 0 Å². The lowest BCUT2D eigenvalue weighted by molar-refractivity contribution is 0.597. The smallest absolute Gasteiger partial charge is 0.141 e. The topological polar surface area (TPSA) is 50.9 Å². The summed E-state index contributed by atoms with van der Waals surface area (Å²) in [5.74, 6) is 5.22. The normalized spacial score (nSPS) is 12.4. The van der Waals surface area contributed by atoms with Gasteiger partial charge in [0.05, 0.1) is 12.2 Å². The first-order chi connectivity index (χ1) is 8.60. The molecule has 94 valence electrons. The summed E-state index contributed by atoms with van der Waals surface area (Å²) in [5, 5.41) is 0. The molecule has 0 fully saturated rings. The summed E-state index contributed by atoms with van der Waals surface area (Å²) in [5.41, 5.74) is 6.72. The van der Waals surface area contributed by atoms with Gasteiger partial charge in [0, 0.05) is 6.20 Å². The Morgan fingerprint density at radius 3 is 2.28 bits per heavy atom. The van der Waals surface area contributed by atoms with Crippen molar-refractivity contribution in [3.8, 4) is 0 Å². The van der Waals surface area contributed by atoms with Crippen LogP contribution in [0.15, 0.2) is 36.7 Å². The van der Waals surface area contributed by atoms with Crippen molar-refractivity contribution in [2.45, 2.75) is 19.9 Å². The van der Waals surface area contributed by atoms with E-state index in [-0.39, 0.29) is 11.9 Å². The number of pyridine rings is 1. The Bertz CT molecular complexity index is 534. The summed E-state index contributed by atoms with van der Waals surface area (Å²) in [6.07, 6.45) is 2.80. The van der Waals surface area contributed by atoms with Gasteiger partial charge in [0.25, 0.3) is 0 Å². The number of rotatable bonds is 3. The molecule has 0 radical (unpaired) electrons. The monoisotopic (exact) mass is 245 g/mol. The van der Waals surface area contributed by atoms with E-state index < -0.39 is 0 Å². The van der Waals surface area contributed by atoms with Crippen LogP contribution in [0.5, 0.6) is 0 Å². The second-order valence-electron chi connectivity index (χ2n) is 4.46. The lowest BCUT2D eigenvalue weighted by Crippen LogP contribution is -2.29. The lowest BCUT2D eigenvalue weighted by atomic mass is 9.97. The predicted molar refractivity (Wildman–Crippen MR) is 69.3 cm³/mol. The fourth-order valence-corrected chi connectivity index (χ4v) is 2.15. The van der Waals surface area contributed by atoms with Crippen LogP contribution in [-0.2, 0) is 0 Å². The van der Waals surface area contributed by atoms with E-state index in [9.17, 15) is 4.39 Å². The minimum Gasteiger partial charge on any atom is -0.271 e. The zero-order valence-corrected chi connectivity index (χ0v) is 10.4. The van der Waals surface area contributed by atoms with Crippen molar-refractivity contribution in [1.82, 2.24) is 10.4 Å². The number of hydrazine groups is 1. The number of hydrogen-bond acceptors (Lipinski definition) is 3. The summed E-state index contributed by atoms with van der Waals surface area (Å²) < 4.78 is 13.2. The Kier molecular flexibility index (Phi) is 3.69. The first-order valence-corrected chi connectivity index (χ1v) is 5.75. The zero-order valence-electron chi connectivity index (χ0n) is 10.4. The first-order valence-electron chi connectivity index (χ1n) is 5.75. The third kappa shape index (κ3) is 2.72. The van der Waals surface area contributed by atoms with Crippen molar-refractivity contribution in [3.05, 3.63) is 64.7 Å². The maximum absolute atomic E-state index is 13.2. The van der Waals surface area contributed by atoms with Crippen molar-refractivity contribution >= 4 is 0 Å². The van der Waals surface area contributed by atoms with E-state index in [1.54, 1.807) is 6.20 Å². The highest BCUT2D eigenvalue weighted by Crippen LogP contribution is 2.23. The van der Waals surface area contributed by atoms with Gasteiger partial charge in [-0.05, 0) is 31.0 Å². The van der Waals surface area contributed by atoms with Crippen molar-refractivity contribution in [2.24, 2.45) is 5.84 Å². The maximum Gasteiger partial charge on any atom is 0.141 e. The van der Waals surface area contributed by atoms with E-state index in [0.717, 1.165) is 16.7 Å².